The Morgan fingerprint density at radius 2 is 1.83 bits per heavy atom. The molecule has 0 saturated carbocycles. The highest BCUT2D eigenvalue weighted by molar-refractivity contribution is 6.38. The fraction of sp³-hybridized carbons (Fsp3) is 0.121. The first kappa shape index (κ1) is 32.0. The monoisotopic (exact) mass is 655 g/mol. The summed E-state index contributed by atoms with van der Waals surface area (Å²) in [5.74, 6) is -0.469. The van der Waals surface area contributed by atoms with Crippen molar-refractivity contribution in [3.8, 4) is 5.75 Å². The molecule has 2 N–H and O–H groups in total. The minimum Gasteiger partial charge on any atom is -0.487 e. The largest absolute Gasteiger partial charge is 0.487 e. The van der Waals surface area contributed by atoms with Crippen molar-refractivity contribution >= 4 is 69.4 Å². The Bertz CT molecular complexity index is 1940. The molecule has 0 radical (unpaired) electrons. The molecule has 11 nitrogen and oxygen atoms in total. The number of benzene rings is 2. The van der Waals surface area contributed by atoms with E-state index in [1.807, 2.05) is 37.3 Å². The Labute approximate surface area is 274 Å². The Hall–Kier alpha value is -5.39. The van der Waals surface area contributed by atoms with Gasteiger partial charge in [0.05, 0.1) is 34.7 Å². The number of para-hydroxylation sites is 1. The van der Waals surface area contributed by atoms with Crippen molar-refractivity contribution in [1.29, 1.82) is 0 Å². The fourth-order valence-electron chi connectivity index (χ4n) is 4.29. The lowest BCUT2D eigenvalue weighted by molar-refractivity contribution is -0.122. The van der Waals surface area contributed by atoms with Gasteiger partial charge in [-0.05, 0) is 48.9 Å². The first-order valence-corrected chi connectivity index (χ1v) is 14.7. The van der Waals surface area contributed by atoms with Gasteiger partial charge in [-0.3, -0.25) is 24.4 Å². The van der Waals surface area contributed by atoms with Crippen LogP contribution in [0.1, 0.15) is 27.3 Å². The molecule has 0 bridgehead atoms. The lowest BCUT2D eigenvalue weighted by Crippen LogP contribution is -2.37. The number of carbonyl (C=O) groups is 3. The number of rotatable bonds is 10. The van der Waals surface area contributed by atoms with Gasteiger partial charge in [-0.25, -0.2) is 9.97 Å². The molecule has 0 fully saturated rings. The summed E-state index contributed by atoms with van der Waals surface area (Å²) < 4.78 is 6.04. The first-order valence-electron chi connectivity index (χ1n) is 13.9. The van der Waals surface area contributed by atoms with E-state index < -0.39 is 17.7 Å². The van der Waals surface area contributed by atoms with Gasteiger partial charge in [0.2, 0.25) is 11.8 Å². The molecule has 46 heavy (non-hydrogen) atoms. The summed E-state index contributed by atoms with van der Waals surface area (Å²) in [5, 5.41) is 6.72. The van der Waals surface area contributed by atoms with E-state index in [0.717, 1.165) is 16.6 Å². The maximum absolute atomic E-state index is 13.0. The van der Waals surface area contributed by atoms with Gasteiger partial charge >= 0.3 is 0 Å². The Balaban J connectivity index is 1.16. The number of likely N-dealkylation sites (N-methyl/N-ethyl adjacent to an activating group) is 1. The zero-order chi connectivity index (χ0) is 32.6. The number of aryl methyl sites for hydroxylation is 1. The third-order valence-electron chi connectivity index (χ3n) is 6.81. The van der Waals surface area contributed by atoms with E-state index in [9.17, 15) is 14.4 Å². The van der Waals surface area contributed by atoms with Gasteiger partial charge in [0.15, 0.2) is 5.82 Å². The number of hydrogen-bond acceptors (Lipinski definition) is 8. The van der Waals surface area contributed by atoms with Crippen LogP contribution in [-0.4, -0.2) is 51.2 Å². The Morgan fingerprint density at radius 1 is 1.00 bits per heavy atom. The van der Waals surface area contributed by atoms with Crippen molar-refractivity contribution in [2.75, 3.05) is 23.8 Å². The van der Waals surface area contributed by atoms with Gasteiger partial charge in [0.25, 0.3) is 5.91 Å². The smallest absolute Gasteiger partial charge is 0.275 e. The summed E-state index contributed by atoms with van der Waals surface area (Å²) in [4.78, 5) is 55.6. The Kier molecular flexibility index (Phi) is 10.2. The topological polar surface area (TPSA) is 139 Å². The summed E-state index contributed by atoms with van der Waals surface area (Å²) in [7, 11) is 1.55. The minimum atomic E-state index is -0.498. The molecule has 0 saturated heterocycles. The number of nitrogens with one attached hydrogen (secondary N) is 2. The SMILES string of the molecule is Cc1nc2ccccc2cc1OCc1c(Cl)ccc(N(C)C(=O)CNC(=O)C=Cc2ccc(C(=O)Nc3cnccn3)nc2)c1Cl. The average molecular weight is 657 g/mol. The Morgan fingerprint density at radius 3 is 2.59 bits per heavy atom. The summed E-state index contributed by atoms with van der Waals surface area (Å²) in [6.45, 7) is 1.62. The molecule has 0 aliphatic carbocycles. The number of fused-ring (bicyclic) bond motifs is 1. The number of ether oxygens (including phenoxy) is 1. The van der Waals surface area contributed by atoms with Crippen LogP contribution in [-0.2, 0) is 16.2 Å². The molecule has 232 valence electrons. The predicted molar refractivity (Wildman–Crippen MR) is 177 cm³/mol. The van der Waals surface area contributed by atoms with Crippen molar-refractivity contribution in [2.45, 2.75) is 13.5 Å². The maximum atomic E-state index is 13.0. The summed E-state index contributed by atoms with van der Waals surface area (Å²) in [6.07, 6.45) is 8.58. The molecule has 0 aliphatic heterocycles. The van der Waals surface area contributed by atoms with Gasteiger partial charge < -0.3 is 20.3 Å². The molecule has 3 amide bonds. The third-order valence-corrected chi connectivity index (χ3v) is 7.58. The summed E-state index contributed by atoms with van der Waals surface area (Å²) >= 11 is 13.2. The van der Waals surface area contributed by atoms with Gasteiger partial charge in [-0.15, -0.1) is 0 Å². The molecule has 2 aromatic carbocycles. The van der Waals surface area contributed by atoms with Crippen molar-refractivity contribution in [1.82, 2.24) is 25.3 Å². The van der Waals surface area contributed by atoms with Crippen LogP contribution in [0.15, 0.2) is 85.5 Å². The normalized spacial score (nSPS) is 11.0. The van der Waals surface area contributed by atoms with Crippen molar-refractivity contribution in [3.05, 3.63) is 118 Å². The van der Waals surface area contributed by atoms with E-state index >= 15 is 0 Å². The number of aromatic nitrogens is 4. The van der Waals surface area contributed by atoms with Crippen LogP contribution >= 0.6 is 23.2 Å². The number of amides is 3. The summed E-state index contributed by atoms with van der Waals surface area (Å²) in [5.41, 5.74) is 3.23. The molecule has 0 unspecified atom stereocenters. The second kappa shape index (κ2) is 14.6. The molecule has 5 rings (SSSR count). The highest BCUT2D eigenvalue weighted by atomic mass is 35.5. The lowest BCUT2D eigenvalue weighted by Gasteiger charge is -2.21. The number of halogens is 2. The van der Waals surface area contributed by atoms with Crippen LogP contribution in [0.4, 0.5) is 11.5 Å². The van der Waals surface area contributed by atoms with Crippen LogP contribution in [0.5, 0.6) is 5.75 Å². The molecule has 3 aromatic heterocycles. The maximum Gasteiger partial charge on any atom is 0.275 e. The molecular formula is C33H27Cl2N7O4. The van der Waals surface area contributed by atoms with E-state index in [0.29, 0.717) is 33.4 Å². The number of pyridine rings is 2. The van der Waals surface area contributed by atoms with Crippen LogP contribution in [0, 0.1) is 6.92 Å². The number of hydrogen-bond donors (Lipinski definition) is 2. The molecule has 0 atom stereocenters. The third kappa shape index (κ3) is 7.81. The first-order chi connectivity index (χ1) is 22.2. The molecule has 3 heterocycles. The minimum absolute atomic E-state index is 0.0537. The van der Waals surface area contributed by atoms with Crippen molar-refractivity contribution < 1.29 is 19.1 Å². The number of anilines is 2. The number of carbonyl (C=O) groups excluding carboxylic acids is 3. The van der Waals surface area contributed by atoms with Crippen molar-refractivity contribution in [2.24, 2.45) is 0 Å². The molecule has 5 aromatic rings. The molecule has 13 heteroatoms. The second-order valence-corrected chi connectivity index (χ2v) is 10.7. The predicted octanol–water partition coefficient (Wildman–Crippen LogP) is 5.66. The lowest BCUT2D eigenvalue weighted by atomic mass is 10.1. The second-order valence-electron chi connectivity index (χ2n) is 9.94. The van der Waals surface area contributed by atoms with Crippen LogP contribution < -0.4 is 20.3 Å². The van der Waals surface area contributed by atoms with Gasteiger partial charge in [0.1, 0.15) is 18.1 Å². The summed E-state index contributed by atoms with van der Waals surface area (Å²) in [6, 6.07) is 16.0. The van der Waals surface area contributed by atoms with E-state index in [4.69, 9.17) is 27.9 Å². The zero-order valence-corrected chi connectivity index (χ0v) is 26.2. The van der Waals surface area contributed by atoms with Gasteiger partial charge in [-0.2, -0.15) is 0 Å². The van der Waals surface area contributed by atoms with Crippen molar-refractivity contribution in [3.63, 3.8) is 0 Å². The van der Waals surface area contributed by atoms with E-state index in [1.54, 1.807) is 25.2 Å². The molecule has 0 aliphatic rings. The van der Waals surface area contributed by atoms with Crippen LogP contribution in [0.3, 0.4) is 0 Å². The van der Waals surface area contributed by atoms with Gasteiger partial charge in [-0.1, -0.05) is 47.5 Å². The van der Waals surface area contributed by atoms with Crippen LogP contribution in [0.2, 0.25) is 10.0 Å². The molecule has 0 spiro atoms. The highest BCUT2D eigenvalue weighted by Gasteiger charge is 2.19. The highest BCUT2D eigenvalue weighted by Crippen LogP contribution is 2.35. The van der Waals surface area contributed by atoms with E-state index in [-0.39, 0.29) is 23.9 Å². The quantitative estimate of drug-likeness (QED) is 0.184. The average Bonchev–Trinajstić information content (AvgIpc) is 3.06. The van der Waals surface area contributed by atoms with E-state index in [1.165, 1.54) is 47.9 Å². The zero-order valence-electron chi connectivity index (χ0n) is 24.7. The molecular weight excluding hydrogens is 629 g/mol. The van der Waals surface area contributed by atoms with Gasteiger partial charge in [0, 0.05) is 47.7 Å². The van der Waals surface area contributed by atoms with E-state index in [2.05, 4.69) is 30.6 Å². The fourth-order valence-corrected chi connectivity index (χ4v) is 4.90. The van der Waals surface area contributed by atoms with Crippen LogP contribution in [0.25, 0.3) is 17.0 Å². The number of nitrogens with zero attached hydrogens (tertiary/aromatic N) is 5. The standard InChI is InChI=1S/C33H27Cl2N7O4/c1-20-28(15-22-5-3-4-6-25(22)40-20)46-19-23-24(34)9-11-27(32(23)35)42(2)31(44)18-39-30(43)12-8-21-7-10-26(38-16-21)33(45)41-29-17-36-13-14-37-29/h3-17H,18-19H2,1-2H3,(H,39,43)(H,37,41,45).